The van der Waals surface area contributed by atoms with E-state index in [0.717, 1.165) is 0 Å². The SMILES string of the molecule is N#C/C(=C\c1ccc(-c2cccc(C(=O)O)c2)o1)C(=O)Nc1ccccc1F. The number of benzene rings is 2. The maximum absolute atomic E-state index is 13.6. The number of hydrogen-bond donors (Lipinski definition) is 2. The van der Waals surface area contributed by atoms with Crippen LogP contribution in [0.5, 0.6) is 0 Å². The fourth-order valence-corrected chi connectivity index (χ4v) is 2.43. The second-order valence-electron chi connectivity index (χ2n) is 5.69. The summed E-state index contributed by atoms with van der Waals surface area (Å²) in [5.41, 5.74) is 0.324. The van der Waals surface area contributed by atoms with Crippen molar-refractivity contribution in [3.05, 3.63) is 83.4 Å². The number of halogens is 1. The quantitative estimate of drug-likeness (QED) is 0.510. The lowest BCUT2D eigenvalue weighted by Crippen LogP contribution is -2.14. The Morgan fingerprint density at radius 1 is 1.11 bits per heavy atom. The van der Waals surface area contributed by atoms with Crippen LogP contribution in [0.1, 0.15) is 16.1 Å². The summed E-state index contributed by atoms with van der Waals surface area (Å²) < 4.78 is 19.2. The number of aromatic carboxylic acids is 1. The Bertz CT molecular complexity index is 1130. The number of rotatable bonds is 5. The first-order valence-electron chi connectivity index (χ1n) is 8.09. The summed E-state index contributed by atoms with van der Waals surface area (Å²) in [6.07, 6.45) is 1.22. The maximum atomic E-state index is 13.6. The summed E-state index contributed by atoms with van der Waals surface area (Å²) in [5.74, 6) is -1.87. The molecule has 0 bridgehead atoms. The van der Waals surface area contributed by atoms with E-state index < -0.39 is 17.7 Å². The van der Waals surface area contributed by atoms with Crippen LogP contribution in [0, 0.1) is 17.1 Å². The van der Waals surface area contributed by atoms with Gasteiger partial charge in [-0.15, -0.1) is 0 Å². The van der Waals surface area contributed by atoms with Gasteiger partial charge in [-0.2, -0.15) is 5.26 Å². The number of carbonyl (C=O) groups is 2. The number of para-hydroxylation sites is 1. The molecule has 2 N–H and O–H groups in total. The van der Waals surface area contributed by atoms with Gasteiger partial charge in [0.1, 0.15) is 29.0 Å². The van der Waals surface area contributed by atoms with E-state index in [-0.39, 0.29) is 22.6 Å². The average molecular weight is 376 g/mol. The molecule has 0 unspecified atom stereocenters. The van der Waals surface area contributed by atoms with Crippen molar-refractivity contribution < 1.29 is 23.5 Å². The number of hydrogen-bond acceptors (Lipinski definition) is 4. The van der Waals surface area contributed by atoms with E-state index in [1.54, 1.807) is 30.3 Å². The maximum Gasteiger partial charge on any atom is 0.335 e. The first-order chi connectivity index (χ1) is 13.5. The lowest BCUT2D eigenvalue weighted by Gasteiger charge is -2.04. The van der Waals surface area contributed by atoms with Crippen molar-refractivity contribution in [2.24, 2.45) is 0 Å². The summed E-state index contributed by atoms with van der Waals surface area (Å²) in [7, 11) is 0. The normalized spacial score (nSPS) is 10.9. The van der Waals surface area contributed by atoms with Gasteiger partial charge in [0.05, 0.1) is 11.3 Å². The number of carbonyl (C=O) groups excluding carboxylic acids is 1. The average Bonchev–Trinajstić information content (AvgIpc) is 3.16. The van der Waals surface area contributed by atoms with Crippen LogP contribution in [0.4, 0.5) is 10.1 Å². The molecule has 0 aliphatic rings. The minimum absolute atomic E-state index is 0.0423. The van der Waals surface area contributed by atoms with Crippen molar-refractivity contribution in [3.63, 3.8) is 0 Å². The minimum atomic E-state index is -1.06. The Morgan fingerprint density at radius 2 is 1.89 bits per heavy atom. The first kappa shape index (κ1) is 18.6. The van der Waals surface area contributed by atoms with Gasteiger partial charge in [-0.25, -0.2) is 9.18 Å². The Morgan fingerprint density at radius 3 is 2.61 bits per heavy atom. The van der Waals surface area contributed by atoms with Crippen LogP contribution >= 0.6 is 0 Å². The zero-order valence-electron chi connectivity index (χ0n) is 14.3. The van der Waals surface area contributed by atoms with E-state index in [1.807, 2.05) is 0 Å². The zero-order chi connectivity index (χ0) is 20.1. The molecular formula is C21H13FN2O4. The van der Waals surface area contributed by atoms with Gasteiger partial charge in [-0.3, -0.25) is 4.79 Å². The monoisotopic (exact) mass is 376 g/mol. The molecule has 0 spiro atoms. The third-order valence-electron chi connectivity index (χ3n) is 3.79. The Kier molecular flexibility index (Phi) is 5.33. The van der Waals surface area contributed by atoms with Gasteiger partial charge in [0.15, 0.2) is 0 Å². The van der Waals surface area contributed by atoms with Crippen molar-refractivity contribution in [1.29, 1.82) is 5.26 Å². The molecule has 2 aromatic carbocycles. The predicted octanol–water partition coefficient (Wildman–Crippen LogP) is 4.33. The van der Waals surface area contributed by atoms with Gasteiger partial charge < -0.3 is 14.8 Å². The summed E-state index contributed by atoms with van der Waals surface area (Å²) in [4.78, 5) is 23.3. The van der Waals surface area contributed by atoms with Crippen LogP contribution in [-0.4, -0.2) is 17.0 Å². The van der Waals surface area contributed by atoms with Crippen LogP contribution < -0.4 is 5.32 Å². The van der Waals surface area contributed by atoms with Crippen molar-refractivity contribution in [3.8, 4) is 17.4 Å². The van der Waals surface area contributed by atoms with Gasteiger partial charge in [-0.1, -0.05) is 24.3 Å². The number of carboxylic acids is 1. The summed E-state index contributed by atoms with van der Waals surface area (Å²) >= 11 is 0. The summed E-state index contributed by atoms with van der Waals surface area (Å²) in [6, 6.07) is 16.6. The van der Waals surface area contributed by atoms with E-state index in [4.69, 9.17) is 9.52 Å². The molecule has 1 aromatic heterocycles. The predicted molar refractivity (Wildman–Crippen MR) is 99.7 cm³/mol. The zero-order valence-corrected chi connectivity index (χ0v) is 14.3. The van der Waals surface area contributed by atoms with Crippen molar-refractivity contribution in [1.82, 2.24) is 0 Å². The van der Waals surface area contributed by atoms with E-state index in [1.165, 1.54) is 42.5 Å². The molecule has 7 heteroatoms. The molecule has 0 atom stereocenters. The third-order valence-corrected chi connectivity index (χ3v) is 3.79. The molecule has 1 amide bonds. The highest BCUT2D eigenvalue weighted by Crippen LogP contribution is 2.24. The largest absolute Gasteiger partial charge is 0.478 e. The Balaban J connectivity index is 1.83. The van der Waals surface area contributed by atoms with Gasteiger partial charge in [0.25, 0.3) is 5.91 Å². The highest BCUT2D eigenvalue weighted by Gasteiger charge is 2.13. The smallest absolute Gasteiger partial charge is 0.335 e. The Labute approximate surface area is 159 Å². The number of anilines is 1. The summed E-state index contributed by atoms with van der Waals surface area (Å²) in [6.45, 7) is 0. The van der Waals surface area contributed by atoms with Gasteiger partial charge >= 0.3 is 5.97 Å². The highest BCUT2D eigenvalue weighted by molar-refractivity contribution is 6.09. The molecule has 3 rings (SSSR count). The third kappa shape index (κ3) is 4.14. The molecule has 3 aromatic rings. The number of amides is 1. The van der Waals surface area contributed by atoms with Crippen LogP contribution in [0.3, 0.4) is 0 Å². The lowest BCUT2D eigenvalue weighted by molar-refractivity contribution is -0.112. The molecular weight excluding hydrogens is 363 g/mol. The van der Waals surface area contributed by atoms with Crippen LogP contribution in [0.15, 0.2) is 70.7 Å². The van der Waals surface area contributed by atoms with E-state index in [0.29, 0.717) is 11.3 Å². The van der Waals surface area contributed by atoms with E-state index >= 15 is 0 Å². The Hall–Kier alpha value is -4.18. The van der Waals surface area contributed by atoms with Crippen LogP contribution in [0.25, 0.3) is 17.4 Å². The number of furan rings is 1. The van der Waals surface area contributed by atoms with Crippen molar-refractivity contribution in [2.75, 3.05) is 5.32 Å². The molecule has 0 saturated heterocycles. The first-order valence-corrected chi connectivity index (χ1v) is 8.09. The highest BCUT2D eigenvalue weighted by atomic mass is 19.1. The van der Waals surface area contributed by atoms with Crippen LogP contribution in [-0.2, 0) is 4.79 Å². The standard InChI is InChI=1S/C21H13FN2O4/c22-17-6-1-2-7-18(17)24-20(25)15(12-23)11-16-8-9-19(28-16)13-4-3-5-14(10-13)21(26)27/h1-11H,(H,24,25)(H,26,27)/b15-11+. The van der Waals surface area contributed by atoms with E-state index in [9.17, 15) is 19.2 Å². The van der Waals surface area contributed by atoms with Crippen molar-refractivity contribution >= 4 is 23.6 Å². The molecule has 0 aliphatic carbocycles. The minimum Gasteiger partial charge on any atom is -0.478 e. The van der Waals surface area contributed by atoms with Crippen LogP contribution in [0.2, 0.25) is 0 Å². The summed E-state index contributed by atoms with van der Waals surface area (Å²) in [5, 5.41) is 20.6. The van der Waals surface area contributed by atoms with Crippen molar-refractivity contribution in [2.45, 2.75) is 0 Å². The molecule has 0 saturated carbocycles. The fraction of sp³-hybridized carbons (Fsp3) is 0. The van der Waals surface area contributed by atoms with E-state index in [2.05, 4.69) is 5.32 Å². The molecule has 138 valence electrons. The number of carboxylic acid groups (broad SMARTS) is 1. The molecule has 0 aliphatic heterocycles. The molecule has 28 heavy (non-hydrogen) atoms. The molecule has 6 nitrogen and oxygen atoms in total. The van der Waals surface area contributed by atoms with Gasteiger partial charge in [0.2, 0.25) is 0 Å². The molecule has 0 radical (unpaired) electrons. The number of nitriles is 1. The molecule has 1 heterocycles. The number of nitrogens with zero attached hydrogens (tertiary/aromatic N) is 1. The topological polar surface area (TPSA) is 103 Å². The fourth-order valence-electron chi connectivity index (χ4n) is 2.43. The number of nitrogens with one attached hydrogen (secondary N) is 1. The second-order valence-corrected chi connectivity index (χ2v) is 5.69. The van der Waals surface area contributed by atoms with Gasteiger partial charge in [0, 0.05) is 11.6 Å². The second kappa shape index (κ2) is 8.01. The lowest BCUT2D eigenvalue weighted by atomic mass is 10.1. The van der Waals surface area contributed by atoms with Gasteiger partial charge in [-0.05, 0) is 36.4 Å². The molecule has 0 fully saturated rings.